The number of halogens is 1. The second-order valence-corrected chi connectivity index (χ2v) is 3.02. The molecular weight excluding hydrogens is 201 g/mol. The van der Waals surface area contributed by atoms with Crippen molar-refractivity contribution in [1.29, 1.82) is 0 Å². The summed E-state index contributed by atoms with van der Waals surface area (Å²) in [5, 5.41) is 11.1. The Bertz CT molecular complexity index is 375. The van der Waals surface area contributed by atoms with Gasteiger partial charge >= 0.3 is 5.97 Å². The average Bonchev–Trinajstić information content (AvgIpc) is 2.15. The molecule has 80 valence electrons. The van der Waals surface area contributed by atoms with Crippen molar-refractivity contribution in [1.82, 2.24) is 5.32 Å². The predicted molar refractivity (Wildman–Crippen MR) is 50.6 cm³/mol. The van der Waals surface area contributed by atoms with Crippen LogP contribution in [0.2, 0.25) is 0 Å². The second-order valence-electron chi connectivity index (χ2n) is 3.02. The minimum absolute atomic E-state index is 0.333. The Morgan fingerprint density at radius 2 is 1.87 bits per heavy atom. The summed E-state index contributed by atoms with van der Waals surface area (Å²) in [6.45, 7) is 1.22. The Hall–Kier alpha value is -1.91. The zero-order valence-corrected chi connectivity index (χ0v) is 8.03. The molecule has 0 unspecified atom stereocenters. The molecular formula is C10H10FNO3. The van der Waals surface area contributed by atoms with Gasteiger partial charge in [0.1, 0.15) is 5.82 Å². The quantitative estimate of drug-likeness (QED) is 0.786. The molecule has 1 aromatic rings. The standard InChI is InChI=1S/C10H10FNO3/c1-6(13)12-9(10(14)15)7-2-4-8(11)5-3-7/h2-5,9H,1H3,(H,12,13)(H,14,15)/t9-/m0/s1. The molecule has 5 heteroatoms. The van der Waals surface area contributed by atoms with Gasteiger partial charge in [-0.1, -0.05) is 12.1 Å². The first-order chi connectivity index (χ1) is 7.00. The van der Waals surface area contributed by atoms with E-state index in [2.05, 4.69) is 5.32 Å². The van der Waals surface area contributed by atoms with E-state index in [1.54, 1.807) is 0 Å². The predicted octanol–water partition coefficient (Wildman–Crippen LogP) is 1.09. The monoisotopic (exact) mass is 211 g/mol. The molecule has 0 saturated heterocycles. The summed E-state index contributed by atoms with van der Waals surface area (Å²) in [7, 11) is 0. The lowest BCUT2D eigenvalue weighted by atomic mass is 10.1. The summed E-state index contributed by atoms with van der Waals surface area (Å²) in [5.41, 5.74) is 0.333. The average molecular weight is 211 g/mol. The Kier molecular flexibility index (Phi) is 3.38. The van der Waals surface area contributed by atoms with Crippen molar-refractivity contribution >= 4 is 11.9 Å². The zero-order chi connectivity index (χ0) is 11.4. The fraction of sp³-hybridized carbons (Fsp3) is 0.200. The first-order valence-electron chi connectivity index (χ1n) is 4.26. The molecule has 0 aliphatic heterocycles. The van der Waals surface area contributed by atoms with Gasteiger partial charge in [-0.05, 0) is 17.7 Å². The molecule has 0 bridgehead atoms. The topological polar surface area (TPSA) is 66.4 Å². The highest BCUT2D eigenvalue weighted by atomic mass is 19.1. The summed E-state index contributed by atoms with van der Waals surface area (Å²) < 4.78 is 12.6. The number of carboxylic acid groups (broad SMARTS) is 1. The van der Waals surface area contributed by atoms with Crippen molar-refractivity contribution in [3.05, 3.63) is 35.6 Å². The van der Waals surface area contributed by atoms with E-state index in [-0.39, 0.29) is 0 Å². The normalized spacial score (nSPS) is 11.9. The summed E-state index contributed by atoms with van der Waals surface area (Å²) in [6.07, 6.45) is 0. The molecule has 0 aliphatic rings. The smallest absolute Gasteiger partial charge is 0.330 e. The van der Waals surface area contributed by atoms with Crippen molar-refractivity contribution < 1.29 is 19.1 Å². The number of hydrogen-bond acceptors (Lipinski definition) is 2. The van der Waals surface area contributed by atoms with Gasteiger partial charge < -0.3 is 10.4 Å². The van der Waals surface area contributed by atoms with Gasteiger partial charge in [0.05, 0.1) is 0 Å². The van der Waals surface area contributed by atoms with E-state index in [1.807, 2.05) is 0 Å². The largest absolute Gasteiger partial charge is 0.479 e. The summed E-state index contributed by atoms with van der Waals surface area (Å²) in [6, 6.07) is 3.80. The van der Waals surface area contributed by atoms with Crippen LogP contribution in [0, 0.1) is 5.82 Å². The minimum atomic E-state index is -1.18. The lowest BCUT2D eigenvalue weighted by Gasteiger charge is -2.13. The summed E-state index contributed by atoms with van der Waals surface area (Å²) in [4.78, 5) is 21.6. The van der Waals surface area contributed by atoms with E-state index in [0.29, 0.717) is 5.56 Å². The van der Waals surface area contributed by atoms with Crippen LogP contribution >= 0.6 is 0 Å². The van der Waals surface area contributed by atoms with Crippen LogP contribution in [0.15, 0.2) is 24.3 Å². The number of carboxylic acids is 1. The molecule has 0 saturated carbocycles. The molecule has 15 heavy (non-hydrogen) atoms. The maximum atomic E-state index is 12.6. The number of carbonyl (C=O) groups excluding carboxylic acids is 1. The highest BCUT2D eigenvalue weighted by Gasteiger charge is 2.20. The molecule has 0 radical (unpaired) electrons. The molecule has 0 heterocycles. The molecule has 2 N–H and O–H groups in total. The maximum Gasteiger partial charge on any atom is 0.330 e. The number of amides is 1. The van der Waals surface area contributed by atoms with Crippen molar-refractivity contribution in [2.75, 3.05) is 0 Å². The van der Waals surface area contributed by atoms with Crippen molar-refractivity contribution in [3.63, 3.8) is 0 Å². The van der Waals surface area contributed by atoms with Gasteiger partial charge in [-0.25, -0.2) is 9.18 Å². The number of benzene rings is 1. The maximum absolute atomic E-state index is 12.6. The van der Waals surface area contributed by atoms with Crippen LogP contribution < -0.4 is 5.32 Å². The molecule has 0 aromatic heterocycles. The fourth-order valence-corrected chi connectivity index (χ4v) is 1.15. The van der Waals surface area contributed by atoms with Crippen LogP contribution in [0.25, 0.3) is 0 Å². The minimum Gasteiger partial charge on any atom is -0.479 e. The van der Waals surface area contributed by atoms with E-state index < -0.39 is 23.7 Å². The molecule has 1 amide bonds. The van der Waals surface area contributed by atoms with E-state index in [1.165, 1.54) is 19.1 Å². The van der Waals surface area contributed by atoms with E-state index in [9.17, 15) is 14.0 Å². The highest BCUT2D eigenvalue weighted by Crippen LogP contribution is 2.13. The van der Waals surface area contributed by atoms with Gasteiger partial charge in [-0.2, -0.15) is 0 Å². The Morgan fingerprint density at radius 1 is 1.33 bits per heavy atom. The van der Waals surface area contributed by atoms with E-state index >= 15 is 0 Å². The second kappa shape index (κ2) is 4.54. The van der Waals surface area contributed by atoms with Crippen LogP contribution in [0.4, 0.5) is 4.39 Å². The van der Waals surface area contributed by atoms with Crippen molar-refractivity contribution in [3.8, 4) is 0 Å². The molecule has 1 rings (SSSR count). The van der Waals surface area contributed by atoms with Gasteiger partial charge in [0.2, 0.25) is 5.91 Å². The SMILES string of the molecule is CC(=O)N[C@H](C(=O)O)c1ccc(F)cc1. The summed E-state index contributed by atoms with van der Waals surface area (Å²) >= 11 is 0. The Morgan fingerprint density at radius 3 is 2.27 bits per heavy atom. The van der Waals surface area contributed by atoms with Crippen molar-refractivity contribution in [2.45, 2.75) is 13.0 Å². The van der Waals surface area contributed by atoms with Crippen molar-refractivity contribution in [2.24, 2.45) is 0 Å². The fourth-order valence-electron chi connectivity index (χ4n) is 1.15. The van der Waals surface area contributed by atoms with Crippen LogP contribution in [0.1, 0.15) is 18.5 Å². The zero-order valence-electron chi connectivity index (χ0n) is 8.03. The van der Waals surface area contributed by atoms with Gasteiger partial charge in [0, 0.05) is 6.92 Å². The Balaban J connectivity index is 2.94. The van der Waals surface area contributed by atoms with E-state index in [4.69, 9.17) is 5.11 Å². The van der Waals surface area contributed by atoms with Crippen LogP contribution in [0.3, 0.4) is 0 Å². The third-order valence-corrected chi connectivity index (χ3v) is 1.80. The molecule has 1 atom stereocenters. The van der Waals surface area contributed by atoms with E-state index in [0.717, 1.165) is 12.1 Å². The molecule has 4 nitrogen and oxygen atoms in total. The van der Waals surface area contributed by atoms with Crippen LogP contribution in [0.5, 0.6) is 0 Å². The lowest BCUT2D eigenvalue weighted by molar-refractivity contribution is -0.141. The first kappa shape index (κ1) is 11.2. The molecule has 0 aliphatic carbocycles. The molecule has 0 fully saturated rings. The third kappa shape index (κ3) is 3.05. The molecule has 1 aromatic carbocycles. The molecule has 0 spiro atoms. The van der Waals surface area contributed by atoms with Gasteiger partial charge in [0.25, 0.3) is 0 Å². The third-order valence-electron chi connectivity index (χ3n) is 1.80. The summed E-state index contributed by atoms with van der Waals surface area (Å²) in [5.74, 6) is -2.09. The van der Waals surface area contributed by atoms with Crippen LogP contribution in [-0.2, 0) is 9.59 Å². The lowest BCUT2D eigenvalue weighted by Crippen LogP contribution is -2.31. The first-order valence-corrected chi connectivity index (χ1v) is 4.26. The number of carbonyl (C=O) groups is 2. The van der Waals surface area contributed by atoms with Gasteiger partial charge in [0.15, 0.2) is 6.04 Å². The number of nitrogens with one attached hydrogen (secondary N) is 1. The van der Waals surface area contributed by atoms with Gasteiger partial charge in [-0.15, -0.1) is 0 Å². The number of hydrogen-bond donors (Lipinski definition) is 2. The Labute approximate surface area is 85.7 Å². The van der Waals surface area contributed by atoms with Crippen LogP contribution in [-0.4, -0.2) is 17.0 Å². The highest BCUT2D eigenvalue weighted by molar-refractivity contribution is 5.83. The van der Waals surface area contributed by atoms with Gasteiger partial charge in [-0.3, -0.25) is 4.79 Å². The number of aliphatic carboxylic acids is 1. The number of rotatable bonds is 3.